The molecule has 0 aliphatic rings. The molecule has 1 amide bonds. The van der Waals surface area contributed by atoms with Crippen LogP contribution in [0, 0.1) is 0 Å². The van der Waals surface area contributed by atoms with Crippen LogP contribution in [0.3, 0.4) is 0 Å². The molecule has 7 heteroatoms. The van der Waals surface area contributed by atoms with Gasteiger partial charge in [0.1, 0.15) is 17.3 Å². The molecule has 0 aliphatic heterocycles. The molecule has 5 nitrogen and oxygen atoms in total. The number of anilines is 1. The molecule has 0 fully saturated rings. The van der Waals surface area contributed by atoms with Gasteiger partial charge >= 0.3 is 0 Å². The Morgan fingerprint density at radius 3 is 2.54 bits per heavy atom. The Hall–Kier alpha value is -2.44. The quantitative estimate of drug-likeness (QED) is 0.553. The van der Waals surface area contributed by atoms with E-state index in [1.165, 1.54) is 16.3 Å². The van der Waals surface area contributed by atoms with Gasteiger partial charge in [0.15, 0.2) is 0 Å². The molecule has 0 N–H and O–H groups in total. The average molecular weight is 417 g/mol. The number of amides is 1. The van der Waals surface area contributed by atoms with E-state index in [9.17, 15) is 9.59 Å². The van der Waals surface area contributed by atoms with Gasteiger partial charge in [-0.25, -0.2) is 0 Å². The van der Waals surface area contributed by atoms with Crippen molar-refractivity contribution in [2.75, 3.05) is 23.6 Å². The first-order valence-corrected chi connectivity index (χ1v) is 10.6. The molecule has 146 valence electrons. The van der Waals surface area contributed by atoms with Crippen LogP contribution in [0.25, 0.3) is 10.9 Å². The summed E-state index contributed by atoms with van der Waals surface area (Å²) in [5.74, 6) is 0.121. The summed E-state index contributed by atoms with van der Waals surface area (Å²) in [7, 11) is 1.63. The lowest BCUT2D eigenvalue weighted by Gasteiger charge is -2.23. The highest BCUT2D eigenvalue weighted by Gasteiger charge is 2.28. The Balaban J connectivity index is 2.30. The van der Waals surface area contributed by atoms with Crippen molar-refractivity contribution in [1.82, 2.24) is 4.57 Å². The number of para-hydroxylation sites is 1. The molecule has 3 rings (SSSR count). The highest BCUT2D eigenvalue weighted by Crippen LogP contribution is 2.34. The van der Waals surface area contributed by atoms with Gasteiger partial charge in [-0.1, -0.05) is 35.9 Å². The van der Waals surface area contributed by atoms with Crippen molar-refractivity contribution in [2.45, 2.75) is 6.92 Å². The normalized spacial score (nSPS) is 10.9. The average Bonchev–Trinajstić information content (AvgIpc) is 2.71. The maximum Gasteiger partial charge on any atom is 0.267 e. The van der Waals surface area contributed by atoms with E-state index < -0.39 is 11.5 Å². The van der Waals surface area contributed by atoms with E-state index in [2.05, 4.69) is 0 Å². The van der Waals surface area contributed by atoms with Crippen LogP contribution in [-0.4, -0.2) is 29.2 Å². The molecule has 0 radical (unpaired) electrons. The van der Waals surface area contributed by atoms with Crippen LogP contribution >= 0.6 is 23.4 Å². The number of rotatable bonds is 6. The van der Waals surface area contributed by atoms with Crippen molar-refractivity contribution >= 4 is 45.9 Å². The fourth-order valence-corrected chi connectivity index (χ4v) is 3.64. The summed E-state index contributed by atoms with van der Waals surface area (Å²) in [5.41, 5.74) is 0.910. The van der Waals surface area contributed by atoms with E-state index in [-0.39, 0.29) is 11.3 Å². The minimum absolute atomic E-state index is 0.0112. The largest absolute Gasteiger partial charge is 0.481 e. The molecule has 28 heavy (non-hydrogen) atoms. The fourth-order valence-electron chi connectivity index (χ4n) is 3.15. The second-order valence-electron chi connectivity index (χ2n) is 6.14. The maximum atomic E-state index is 13.5. The number of benzene rings is 2. The third kappa shape index (κ3) is 3.62. The van der Waals surface area contributed by atoms with Gasteiger partial charge in [-0.3, -0.25) is 9.59 Å². The van der Waals surface area contributed by atoms with Crippen LogP contribution in [0.5, 0.6) is 5.75 Å². The third-order valence-corrected chi connectivity index (χ3v) is 5.16. The van der Waals surface area contributed by atoms with Gasteiger partial charge in [0, 0.05) is 19.3 Å². The molecule has 1 heterocycles. The summed E-state index contributed by atoms with van der Waals surface area (Å²) in [5, 5.41) is 0.994. The van der Waals surface area contributed by atoms with Crippen molar-refractivity contribution < 1.29 is 9.53 Å². The molecular weight excluding hydrogens is 396 g/mol. The molecule has 0 bridgehead atoms. The number of hydrogen-bond donors (Lipinski definition) is 0. The van der Waals surface area contributed by atoms with Crippen molar-refractivity contribution in [1.29, 1.82) is 0 Å². The lowest BCUT2D eigenvalue weighted by Crippen LogP contribution is -2.37. The van der Waals surface area contributed by atoms with Crippen LogP contribution in [0.15, 0.2) is 53.3 Å². The molecule has 0 unspecified atom stereocenters. The number of carbonyl (C=O) groups is 1. The Bertz CT molecular complexity index is 1070. The molecule has 0 saturated heterocycles. The van der Waals surface area contributed by atoms with Gasteiger partial charge in [-0.05, 0) is 37.4 Å². The molecule has 1 aromatic heterocycles. The van der Waals surface area contributed by atoms with Crippen LogP contribution < -0.4 is 15.2 Å². The number of ether oxygens (including phenoxy) is 1. The molecular formula is C21H21ClN2O3S. The summed E-state index contributed by atoms with van der Waals surface area (Å²) >= 11 is 7.90. The monoisotopic (exact) mass is 416 g/mol. The summed E-state index contributed by atoms with van der Waals surface area (Å²) in [6.07, 6.45) is 1.88. The first-order chi connectivity index (χ1) is 13.5. The second-order valence-corrected chi connectivity index (χ2v) is 7.36. The van der Waals surface area contributed by atoms with E-state index in [1.54, 1.807) is 30.1 Å². The molecule has 0 spiro atoms. The smallest absolute Gasteiger partial charge is 0.267 e. The zero-order valence-electron chi connectivity index (χ0n) is 15.9. The van der Waals surface area contributed by atoms with Gasteiger partial charge in [0.05, 0.1) is 15.9 Å². The molecule has 0 aliphatic carbocycles. The molecule has 0 atom stereocenters. The van der Waals surface area contributed by atoms with Gasteiger partial charge in [0.25, 0.3) is 11.5 Å². The predicted octanol–water partition coefficient (Wildman–Crippen LogP) is 4.56. The number of fused-ring (bicyclic) bond motifs is 1. The Morgan fingerprint density at radius 1 is 1.18 bits per heavy atom. The van der Waals surface area contributed by atoms with E-state index in [4.69, 9.17) is 16.3 Å². The van der Waals surface area contributed by atoms with Gasteiger partial charge in [-0.2, -0.15) is 0 Å². The number of halogens is 1. The van der Waals surface area contributed by atoms with Crippen molar-refractivity contribution in [3.8, 4) is 5.75 Å². The Labute approximate surface area is 172 Å². The first kappa shape index (κ1) is 20.3. The van der Waals surface area contributed by atoms with Crippen LogP contribution in [0.2, 0.25) is 5.02 Å². The number of hydrogen-bond acceptors (Lipinski definition) is 4. The summed E-state index contributed by atoms with van der Waals surface area (Å²) < 4.78 is 7.33. The first-order valence-electron chi connectivity index (χ1n) is 8.81. The molecule has 2 aromatic carbocycles. The zero-order valence-corrected chi connectivity index (χ0v) is 17.5. The van der Waals surface area contributed by atoms with Gasteiger partial charge in [-0.15, -0.1) is 11.8 Å². The zero-order chi connectivity index (χ0) is 20.3. The SMILES string of the molecule is CCN(C(=O)c1c(OCSC)c2c(Cl)cccc2n(C)c1=O)c1ccccc1. The van der Waals surface area contributed by atoms with Crippen LogP contribution in [0.1, 0.15) is 17.3 Å². The Kier molecular flexibility index (Phi) is 6.31. The topological polar surface area (TPSA) is 51.5 Å². The number of pyridine rings is 1. The number of nitrogens with zero attached hydrogens (tertiary/aromatic N) is 2. The lowest BCUT2D eigenvalue weighted by molar-refractivity contribution is 0.0983. The minimum Gasteiger partial charge on any atom is -0.481 e. The van der Waals surface area contributed by atoms with Crippen LogP contribution in [0.4, 0.5) is 5.69 Å². The number of carbonyl (C=O) groups excluding carboxylic acids is 1. The molecule has 3 aromatic rings. The molecule has 0 saturated carbocycles. The number of aromatic nitrogens is 1. The fraction of sp³-hybridized carbons (Fsp3) is 0.238. The van der Waals surface area contributed by atoms with E-state index in [0.29, 0.717) is 34.1 Å². The Morgan fingerprint density at radius 2 is 1.89 bits per heavy atom. The van der Waals surface area contributed by atoms with Crippen LogP contribution in [-0.2, 0) is 7.05 Å². The number of thioether (sulfide) groups is 1. The highest BCUT2D eigenvalue weighted by atomic mass is 35.5. The minimum atomic E-state index is -0.412. The lowest BCUT2D eigenvalue weighted by atomic mass is 10.1. The van der Waals surface area contributed by atoms with Crippen molar-refractivity contribution in [3.63, 3.8) is 0 Å². The van der Waals surface area contributed by atoms with Crippen molar-refractivity contribution in [2.24, 2.45) is 7.05 Å². The summed E-state index contributed by atoms with van der Waals surface area (Å²) in [4.78, 5) is 28.2. The van der Waals surface area contributed by atoms with Crippen molar-refractivity contribution in [3.05, 3.63) is 69.5 Å². The van der Waals surface area contributed by atoms with Gasteiger partial charge < -0.3 is 14.2 Å². The third-order valence-electron chi connectivity index (χ3n) is 4.49. The van der Waals surface area contributed by atoms with Gasteiger partial charge in [0.2, 0.25) is 0 Å². The standard InChI is InChI=1S/C21H21ClN2O3S/c1-4-24(14-9-6-5-7-10-14)21(26)18-19(27-13-28-3)17-15(22)11-8-12-16(17)23(2)20(18)25/h5-12H,4,13H2,1-3H3. The second kappa shape index (κ2) is 8.71. The number of aryl methyl sites for hydroxylation is 1. The maximum absolute atomic E-state index is 13.5. The highest BCUT2D eigenvalue weighted by molar-refractivity contribution is 7.98. The van der Waals surface area contributed by atoms with E-state index >= 15 is 0 Å². The predicted molar refractivity (Wildman–Crippen MR) is 117 cm³/mol. The van der Waals surface area contributed by atoms with E-state index in [1.807, 2.05) is 43.5 Å². The summed E-state index contributed by atoms with van der Waals surface area (Å²) in [6.45, 7) is 2.28. The van der Waals surface area contributed by atoms with E-state index in [0.717, 1.165) is 0 Å². The summed E-state index contributed by atoms with van der Waals surface area (Å²) in [6, 6.07) is 14.5.